The van der Waals surface area contributed by atoms with Crippen molar-refractivity contribution < 1.29 is 19.2 Å². The van der Waals surface area contributed by atoms with E-state index in [-0.39, 0.29) is 17.6 Å². The predicted molar refractivity (Wildman–Crippen MR) is 155 cm³/mol. The Balaban J connectivity index is 3.02. The molecule has 1 rings (SSSR count). The van der Waals surface area contributed by atoms with Crippen LogP contribution in [0.2, 0.25) is 0 Å². The monoisotopic (exact) mass is 553 g/mol. The summed E-state index contributed by atoms with van der Waals surface area (Å²) in [5.74, 6) is -1.13. The van der Waals surface area contributed by atoms with Crippen LogP contribution in [0, 0.1) is 5.92 Å². The largest absolute Gasteiger partial charge is 0.343 e. The molecule has 11 nitrogen and oxygen atoms in total. The van der Waals surface area contributed by atoms with Crippen molar-refractivity contribution in [3.05, 3.63) is 0 Å². The highest BCUT2D eigenvalue weighted by Crippen LogP contribution is 2.21. The summed E-state index contributed by atoms with van der Waals surface area (Å²) < 4.78 is 0. The maximum Gasteiger partial charge on any atom is 0.245 e. The Labute approximate surface area is 235 Å². The highest BCUT2D eigenvalue weighted by molar-refractivity contribution is 5.96. The average molecular weight is 554 g/mol. The standard InChI is InChI=1S/C28H55N7O4/c1-18(2)17-23(34-26(37)21(31)11-6-8-14-29)27(38)33-22(12-7-9-15-32-19(3)4)28(39)35-16-10-13-24(35)25(36)20(5)30/h18-24,32H,6-17,29-31H2,1-5H3,(H,33,38)(H,34,37)/t20?,21-,22-,23-,24-/m0/s1. The lowest BCUT2D eigenvalue weighted by Gasteiger charge is -2.31. The first-order valence-electron chi connectivity index (χ1n) is 14.8. The van der Waals surface area contributed by atoms with Gasteiger partial charge in [-0.1, -0.05) is 34.1 Å². The zero-order valence-electron chi connectivity index (χ0n) is 24.8. The van der Waals surface area contributed by atoms with E-state index in [0.29, 0.717) is 57.7 Å². The molecule has 1 saturated heterocycles. The minimum atomic E-state index is -0.823. The van der Waals surface area contributed by atoms with Gasteiger partial charge in [-0.3, -0.25) is 19.2 Å². The summed E-state index contributed by atoms with van der Waals surface area (Å²) >= 11 is 0. The van der Waals surface area contributed by atoms with Gasteiger partial charge in [0, 0.05) is 12.6 Å². The number of hydrogen-bond acceptors (Lipinski definition) is 8. The molecule has 0 saturated carbocycles. The van der Waals surface area contributed by atoms with Crippen molar-refractivity contribution in [2.75, 3.05) is 19.6 Å². The summed E-state index contributed by atoms with van der Waals surface area (Å²) in [6, 6.07) is -3.24. The SMILES string of the molecule is CC(C)C[C@H](NC(=O)[C@@H](N)CCCCN)C(=O)N[C@@H](CCCCNC(C)C)C(=O)N1CCC[C@H]1C(=O)C(C)N. The van der Waals surface area contributed by atoms with E-state index >= 15 is 0 Å². The molecule has 1 heterocycles. The molecule has 3 amide bonds. The highest BCUT2D eigenvalue weighted by Gasteiger charge is 2.39. The van der Waals surface area contributed by atoms with Gasteiger partial charge in [0.25, 0.3) is 0 Å². The number of likely N-dealkylation sites (tertiary alicyclic amines) is 1. The van der Waals surface area contributed by atoms with Crippen molar-refractivity contribution in [1.29, 1.82) is 0 Å². The van der Waals surface area contributed by atoms with Crippen LogP contribution in [0.25, 0.3) is 0 Å². The third-order valence-corrected chi connectivity index (χ3v) is 7.05. The summed E-state index contributed by atoms with van der Waals surface area (Å²) in [6.07, 6.45) is 5.65. The summed E-state index contributed by atoms with van der Waals surface area (Å²) in [7, 11) is 0. The minimum Gasteiger partial charge on any atom is -0.343 e. The molecule has 1 unspecified atom stereocenters. The number of Topliss-reactive ketones (excluding diaryl/α,β-unsaturated/α-hetero) is 1. The van der Waals surface area contributed by atoms with E-state index in [9.17, 15) is 19.2 Å². The number of carbonyl (C=O) groups is 4. The van der Waals surface area contributed by atoms with Gasteiger partial charge < -0.3 is 38.1 Å². The van der Waals surface area contributed by atoms with Crippen LogP contribution < -0.4 is 33.2 Å². The molecule has 9 N–H and O–H groups in total. The van der Waals surface area contributed by atoms with Crippen LogP contribution in [0.5, 0.6) is 0 Å². The number of nitrogens with one attached hydrogen (secondary N) is 3. The number of rotatable bonds is 19. The Morgan fingerprint density at radius 3 is 2.10 bits per heavy atom. The van der Waals surface area contributed by atoms with Gasteiger partial charge in [-0.05, 0) is 77.3 Å². The van der Waals surface area contributed by atoms with Crippen molar-refractivity contribution in [3.8, 4) is 0 Å². The Morgan fingerprint density at radius 2 is 1.51 bits per heavy atom. The number of nitrogens with two attached hydrogens (primary N) is 3. The maximum atomic E-state index is 13.7. The minimum absolute atomic E-state index is 0.123. The van der Waals surface area contributed by atoms with E-state index in [1.165, 1.54) is 0 Å². The highest BCUT2D eigenvalue weighted by atomic mass is 16.2. The van der Waals surface area contributed by atoms with Crippen LogP contribution in [0.4, 0.5) is 0 Å². The number of unbranched alkanes of at least 4 members (excludes halogenated alkanes) is 2. The quantitative estimate of drug-likeness (QED) is 0.125. The Morgan fingerprint density at radius 1 is 0.872 bits per heavy atom. The fourth-order valence-corrected chi connectivity index (χ4v) is 4.85. The number of carbonyl (C=O) groups excluding carboxylic acids is 4. The molecule has 0 aliphatic carbocycles. The van der Waals surface area contributed by atoms with Crippen LogP contribution >= 0.6 is 0 Å². The first kappa shape index (κ1) is 34.9. The molecule has 1 aliphatic rings. The molecule has 0 spiro atoms. The van der Waals surface area contributed by atoms with Gasteiger partial charge in [0.05, 0.1) is 18.1 Å². The van der Waals surface area contributed by atoms with Crippen molar-refractivity contribution in [3.63, 3.8) is 0 Å². The number of ketones is 1. The molecular weight excluding hydrogens is 498 g/mol. The summed E-state index contributed by atoms with van der Waals surface area (Å²) in [5, 5.41) is 9.09. The topological polar surface area (TPSA) is 186 Å². The van der Waals surface area contributed by atoms with Crippen LogP contribution in [0.3, 0.4) is 0 Å². The normalized spacial score (nSPS) is 18.6. The van der Waals surface area contributed by atoms with Crippen molar-refractivity contribution >= 4 is 23.5 Å². The zero-order valence-corrected chi connectivity index (χ0v) is 24.8. The molecule has 0 aromatic carbocycles. The fraction of sp³-hybridized carbons (Fsp3) is 0.857. The first-order chi connectivity index (χ1) is 18.4. The molecule has 39 heavy (non-hydrogen) atoms. The number of amides is 3. The summed E-state index contributed by atoms with van der Waals surface area (Å²) in [6.45, 7) is 11.5. The van der Waals surface area contributed by atoms with E-state index < -0.39 is 42.0 Å². The number of hydrogen-bond donors (Lipinski definition) is 6. The molecule has 11 heteroatoms. The molecule has 1 fully saturated rings. The lowest BCUT2D eigenvalue weighted by atomic mass is 10.00. The molecule has 5 atom stereocenters. The van der Waals surface area contributed by atoms with Crippen LogP contribution in [-0.4, -0.2) is 84.3 Å². The summed E-state index contributed by atoms with van der Waals surface area (Å²) in [5.41, 5.74) is 17.4. The van der Waals surface area contributed by atoms with Gasteiger partial charge in [0.2, 0.25) is 17.7 Å². The van der Waals surface area contributed by atoms with Crippen molar-refractivity contribution in [2.45, 2.75) is 129 Å². The molecule has 0 radical (unpaired) electrons. The van der Waals surface area contributed by atoms with Gasteiger partial charge in [-0.25, -0.2) is 0 Å². The second kappa shape index (κ2) is 18.3. The molecule has 226 valence electrons. The average Bonchev–Trinajstić information content (AvgIpc) is 3.35. The van der Waals surface area contributed by atoms with Crippen LogP contribution in [0.1, 0.15) is 92.4 Å². The third-order valence-electron chi connectivity index (χ3n) is 7.05. The molecule has 1 aliphatic heterocycles. The van der Waals surface area contributed by atoms with Gasteiger partial charge >= 0.3 is 0 Å². The fourth-order valence-electron chi connectivity index (χ4n) is 4.85. The molecule has 0 bridgehead atoms. The van der Waals surface area contributed by atoms with Gasteiger partial charge in [0.15, 0.2) is 5.78 Å². The first-order valence-corrected chi connectivity index (χ1v) is 14.8. The van der Waals surface area contributed by atoms with E-state index in [1.54, 1.807) is 11.8 Å². The van der Waals surface area contributed by atoms with Crippen molar-refractivity contribution in [1.82, 2.24) is 20.9 Å². The predicted octanol–water partition coefficient (Wildman–Crippen LogP) is 0.534. The van der Waals surface area contributed by atoms with Crippen LogP contribution in [-0.2, 0) is 19.2 Å². The van der Waals surface area contributed by atoms with E-state index in [4.69, 9.17) is 17.2 Å². The third kappa shape index (κ3) is 12.8. The lowest BCUT2D eigenvalue weighted by Crippen LogP contribution is -2.57. The van der Waals surface area contributed by atoms with E-state index in [1.807, 2.05) is 13.8 Å². The van der Waals surface area contributed by atoms with Crippen LogP contribution in [0.15, 0.2) is 0 Å². The van der Waals surface area contributed by atoms with Gasteiger partial charge in [0.1, 0.15) is 12.1 Å². The maximum absolute atomic E-state index is 13.7. The van der Waals surface area contributed by atoms with E-state index in [0.717, 1.165) is 25.8 Å². The second-order valence-electron chi connectivity index (χ2n) is 11.6. The Bertz CT molecular complexity index is 775. The lowest BCUT2D eigenvalue weighted by molar-refractivity contribution is -0.141. The summed E-state index contributed by atoms with van der Waals surface area (Å²) in [4.78, 5) is 54.2. The smallest absolute Gasteiger partial charge is 0.245 e. The molecular formula is C28H55N7O4. The Hall–Kier alpha value is -2.08. The Kier molecular flexibility index (Phi) is 16.4. The van der Waals surface area contributed by atoms with Gasteiger partial charge in [-0.15, -0.1) is 0 Å². The second-order valence-corrected chi connectivity index (χ2v) is 11.6. The molecule has 0 aromatic rings. The van der Waals surface area contributed by atoms with Crippen molar-refractivity contribution in [2.24, 2.45) is 23.1 Å². The molecule has 0 aromatic heterocycles. The van der Waals surface area contributed by atoms with Gasteiger partial charge in [-0.2, -0.15) is 0 Å². The van der Waals surface area contributed by atoms with E-state index in [2.05, 4.69) is 29.8 Å². The number of nitrogens with zero attached hydrogens (tertiary/aromatic N) is 1. The zero-order chi connectivity index (χ0) is 29.5.